The highest BCUT2D eigenvalue weighted by molar-refractivity contribution is 7.17. The van der Waals surface area contributed by atoms with Gasteiger partial charge in [-0.15, -0.1) is 0 Å². The molecule has 0 aromatic carbocycles. The molecule has 0 radical (unpaired) electrons. The largest absolute Gasteiger partial charge is 0.378 e. The van der Waals surface area contributed by atoms with Gasteiger partial charge >= 0.3 is 0 Å². The Morgan fingerprint density at radius 2 is 2.44 bits per heavy atom. The van der Waals surface area contributed by atoms with Crippen LogP contribution in [0.5, 0.6) is 0 Å². The lowest BCUT2D eigenvalue weighted by molar-refractivity contribution is 0.0828. The number of rotatable bonds is 4. The van der Waals surface area contributed by atoms with Crippen molar-refractivity contribution in [2.75, 3.05) is 18.9 Å². The van der Waals surface area contributed by atoms with E-state index >= 15 is 0 Å². The molecule has 2 unspecified atom stereocenters. The van der Waals surface area contributed by atoms with Gasteiger partial charge in [-0.3, -0.25) is 4.79 Å². The third kappa shape index (κ3) is 2.81. The second-order valence-electron chi connectivity index (χ2n) is 4.54. The maximum Gasteiger partial charge on any atom is 0.263 e. The summed E-state index contributed by atoms with van der Waals surface area (Å²) >= 11 is 1.23. The van der Waals surface area contributed by atoms with E-state index in [4.69, 9.17) is 10.5 Å². The van der Waals surface area contributed by atoms with Crippen molar-refractivity contribution in [2.24, 2.45) is 5.92 Å². The summed E-state index contributed by atoms with van der Waals surface area (Å²) in [6.45, 7) is 5.37. The Morgan fingerprint density at radius 3 is 3.06 bits per heavy atom. The van der Waals surface area contributed by atoms with Gasteiger partial charge in [0.25, 0.3) is 5.91 Å². The molecule has 2 rings (SSSR count). The molecule has 0 bridgehead atoms. The highest BCUT2D eigenvalue weighted by atomic mass is 32.1. The Kier molecular flexibility index (Phi) is 4.19. The van der Waals surface area contributed by atoms with Crippen molar-refractivity contribution in [2.45, 2.75) is 32.8 Å². The molecule has 1 aromatic rings. The Balaban J connectivity index is 1.90. The van der Waals surface area contributed by atoms with E-state index in [0.29, 0.717) is 28.2 Å². The summed E-state index contributed by atoms with van der Waals surface area (Å²) in [5.74, 6) is 0.341. The van der Waals surface area contributed by atoms with Crippen LogP contribution in [0.3, 0.4) is 0 Å². The standard InChI is InChI=1S/C12H19N3O2S/c1-3-9-8(4-5-17-9)6-14-11(16)10-7(2)15-12(13)18-10/h8-9H,3-6H2,1-2H3,(H2,13,15)(H,14,16). The fourth-order valence-corrected chi connectivity index (χ4v) is 3.06. The lowest BCUT2D eigenvalue weighted by Crippen LogP contribution is -2.32. The van der Waals surface area contributed by atoms with Crippen LogP contribution in [0.2, 0.25) is 0 Å². The summed E-state index contributed by atoms with van der Waals surface area (Å²) in [7, 11) is 0. The molecule has 1 fully saturated rings. The van der Waals surface area contributed by atoms with Crippen LogP contribution >= 0.6 is 11.3 Å². The molecule has 2 heterocycles. The minimum absolute atomic E-state index is 0.0801. The molecular formula is C12H19N3O2S. The topological polar surface area (TPSA) is 77.2 Å². The van der Waals surface area contributed by atoms with Crippen LogP contribution in [0.15, 0.2) is 0 Å². The summed E-state index contributed by atoms with van der Waals surface area (Å²) in [5.41, 5.74) is 6.29. The van der Waals surface area contributed by atoms with Gasteiger partial charge in [0.1, 0.15) is 4.88 Å². The molecule has 1 aliphatic rings. The van der Waals surface area contributed by atoms with Crippen LogP contribution in [-0.2, 0) is 4.74 Å². The number of nitrogens with zero attached hydrogens (tertiary/aromatic N) is 1. The van der Waals surface area contributed by atoms with Gasteiger partial charge in [0.2, 0.25) is 0 Å². The number of nitrogen functional groups attached to an aromatic ring is 1. The summed E-state index contributed by atoms with van der Waals surface area (Å²) in [6, 6.07) is 0. The zero-order valence-electron chi connectivity index (χ0n) is 10.7. The third-order valence-electron chi connectivity index (χ3n) is 3.29. The highest BCUT2D eigenvalue weighted by Crippen LogP contribution is 2.23. The predicted octanol–water partition coefficient (Wildman–Crippen LogP) is 1.58. The number of aryl methyl sites for hydroxylation is 1. The van der Waals surface area contributed by atoms with Crippen molar-refractivity contribution in [1.82, 2.24) is 10.3 Å². The minimum Gasteiger partial charge on any atom is -0.378 e. The highest BCUT2D eigenvalue weighted by Gasteiger charge is 2.27. The average molecular weight is 269 g/mol. The number of hydrogen-bond acceptors (Lipinski definition) is 5. The first-order valence-corrected chi connectivity index (χ1v) is 7.06. The molecule has 2 atom stereocenters. The van der Waals surface area contributed by atoms with Crippen LogP contribution in [0.4, 0.5) is 5.13 Å². The fraction of sp³-hybridized carbons (Fsp3) is 0.667. The van der Waals surface area contributed by atoms with E-state index in [1.807, 2.05) is 0 Å². The van der Waals surface area contributed by atoms with E-state index in [0.717, 1.165) is 19.4 Å². The first kappa shape index (κ1) is 13.3. The van der Waals surface area contributed by atoms with Crippen LogP contribution in [0, 0.1) is 12.8 Å². The van der Waals surface area contributed by atoms with Gasteiger partial charge in [-0.2, -0.15) is 0 Å². The Morgan fingerprint density at radius 1 is 1.67 bits per heavy atom. The molecule has 0 spiro atoms. The number of aromatic nitrogens is 1. The smallest absolute Gasteiger partial charge is 0.263 e. The molecule has 5 nitrogen and oxygen atoms in total. The lowest BCUT2D eigenvalue weighted by Gasteiger charge is -2.16. The lowest BCUT2D eigenvalue weighted by atomic mass is 10.00. The second-order valence-corrected chi connectivity index (χ2v) is 5.57. The fourth-order valence-electron chi connectivity index (χ4n) is 2.31. The van der Waals surface area contributed by atoms with Crippen molar-refractivity contribution in [3.05, 3.63) is 10.6 Å². The van der Waals surface area contributed by atoms with Crippen molar-refractivity contribution in [3.8, 4) is 0 Å². The molecular weight excluding hydrogens is 250 g/mol. The number of ether oxygens (including phenoxy) is 1. The van der Waals surface area contributed by atoms with Crippen LogP contribution < -0.4 is 11.1 Å². The molecule has 0 saturated carbocycles. The quantitative estimate of drug-likeness (QED) is 0.870. The zero-order valence-corrected chi connectivity index (χ0v) is 11.5. The maximum absolute atomic E-state index is 12.0. The summed E-state index contributed by atoms with van der Waals surface area (Å²) in [4.78, 5) is 16.7. The van der Waals surface area contributed by atoms with Gasteiger partial charge in [-0.1, -0.05) is 18.3 Å². The number of nitrogens with two attached hydrogens (primary N) is 1. The molecule has 18 heavy (non-hydrogen) atoms. The number of carbonyl (C=O) groups is 1. The molecule has 0 aliphatic carbocycles. The molecule has 3 N–H and O–H groups in total. The Bertz CT molecular complexity index is 433. The van der Waals surface area contributed by atoms with E-state index < -0.39 is 0 Å². The van der Waals surface area contributed by atoms with Crippen molar-refractivity contribution in [3.63, 3.8) is 0 Å². The van der Waals surface area contributed by atoms with Gasteiger partial charge in [-0.25, -0.2) is 4.98 Å². The zero-order chi connectivity index (χ0) is 13.1. The van der Waals surface area contributed by atoms with E-state index in [-0.39, 0.29) is 12.0 Å². The van der Waals surface area contributed by atoms with Gasteiger partial charge in [0, 0.05) is 19.1 Å². The first-order chi connectivity index (χ1) is 8.61. The third-order valence-corrected chi connectivity index (χ3v) is 4.28. The monoisotopic (exact) mass is 269 g/mol. The maximum atomic E-state index is 12.0. The SMILES string of the molecule is CCC1OCCC1CNC(=O)c1sc(N)nc1C. The van der Waals surface area contributed by atoms with Crippen LogP contribution in [-0.4, -0.2) is 30.1 Å². The molecule has 1 amide bonds. The number of carbonyl (C=O) groups excluding carboxylic acids is 1. The van der Waals surface area contributed by atoms with Gasteiger partial charge < -0.3 is 15.8 Å². The Labute approximate surface area is 111 Å². The van der Waals surface area contributed by atoms with Gasteiger partial charge in [-0.05, 0) is 19.8 Å². The number of hydrogen-bond donors (Lipinski definition) is 2. The van der Waals surface area contributed by atoms with Gasteiger partial charge in [0.15, 0.2) is 5.13 Å². The van der Waals surface area contributed by atoms with Crippen LogP contribution in [0.1, 0.15) is 35.1 Å². The van der Waals surface area contributed by atoms with Crippen molar-refractivity contribution < 1.29 is 9.53 Å². The predicted molar refractivity (Wildman–Crippen MR) is 71.7 cm³/mol. The number of nitrogens with one attached hydrogen (secondary N) is 1. The van der Waals surface area contributed by atoms with E-state index in [1.54, 1.807) is 6.92 Å². The molecule has 1 aromatic heterocycles. The van der Waals surface area contributed by atoms with Crippen molar-refractivity contribution >= 4 is 22.4 Å². The summed E-state index contributed by atoms with van der Waals surface area (Å²) in [6.07, 6.45) is 2.29. The van der Waals surface area contributed by atoms with E-state index in [2.05, 4.69) is 17.2 Å². The van der Waals surface area contributed by atoms with Crippen molar-refractivity contribution in [1.29, 1.82) is 0 Å². The van der Waals surface area contributed by atoms with E-state index in [9.17, 15) is 4.79 Å². The number of anilines is 1. The molecule has 6 heteroatoms. The first-order valence-electron chi connectivity index (χ1n) is 6.24. The van der Waals surface area contributed by atoms with Crippen LogP contribution in [0.25, 0.3) is 0 Å². The van der Waals surface area contributed by atoms with Gasteiger partial charge in [0.05, 0.1) is 11.8 Å². The minimum atomic E-state index is -0.0801. The Hall–Kier alpha value is -1.14. The number of thiazole rings is 1. The molecule has 100 valence electrons. The molecule has 1 aliphatic heterocycles. The number of amides is 1. The molecule has 1 saturated heterocycles. The second kappa shape index (κ2) is 5.67. The normalized spacial score (nSPS) is 23.2. The summed E-state index contributed by atoms with van der Waals surface area (Å²) < 4.78 is 5.60. The average Bonchev–Trinajstić information content (AvgIpc) is 2.92. The summed E-state index contributed by atoms with van der Waals surface area (Å²) in [5, 5.41) is 3.39. The van der Waals surface area contributed by atoms with E-state index in [1.165, 1.54) is 11.3 Å².